The maximum atomic E-state index is 6.18. The first-order valence-electron chi connectivity index (χ1n) is 11.3. The molecule has 0 saturated carbocycles. The van der Waals surface area contributed by atoms with E-state index in [0.29, 0.717) is 15.8 Å². The highest BCUT2D eigenvalue weighted by Crippen LogP contribution is 2.43. The molecule has 0 fully saturated rings. The van der Waals surface area contributed by atoms with Gasteiger partial charge < -0.3 is 0 Å². The van der Waals surface area contributed by atoms with Crippen LogP contribution in [0.1, 0.15) is 23.1 Å². The highest BCUT2D eigenvalue weighted by Gasteiger charge is 2.25. The Morgan fingerprint density at radius 1 is 0.971 bits per heavy atom. The van der Waals surface area contributed by atoms with Crippen molar-refractivity contribution in [2.45, 2.75) is 30.2 Å². The van der Waals surface area contributed by atoms with Crippen molar-refractivity contribution >= 4 is 72.4 Å². The summed E-state index contributed by atoms with van der Waals surface area (Å²) in [5.41, 5.74) is 7.92. The summed E-state index contributed by atoms with van der Waals surface area (Å²) in [7, 11) is 0. The standard InChI is InChI=1S/C26H17Cl2N5S2/c27-18-10-9-14(11-19(18)28)12-34-26-32-31-24-23-22(29-13-33(24)26)20-16-7-4-8-17(16)21(30-25(20)35-23)15-5-2-1-3-6-15/h1-3,5-6,9-11,13H,4,7-8,12H2. The third-order valence-electron chi connectivity index (χ3n) is 6.45. The number of hydrogen-bond acceptors (Lipinski definition) is 6. The number of hydrogen-bond donors (Lipinski definition) is 0. The number of nitrogens with zero attached hydrogens (tertiary/aromatic N) is 5. The van der Waals surface area contributed by atoms with E-state index in [9.17, 15) is 0 Å². The SMILES string of the molecule is Clc1ccc(CSc2nnc3c4sc5nc(-c6ccccc6)c6c(c5c4ncn23)CCC6)cc1Cl. The number of rotatable bonds is 4. The summed E-state index contributed by atoms with van der Waals surface area (Å²) in [6.07, 6.45) is 5.11. The molecule has 0 aliphatic heterocycles. The first-order valence-corrected chi connectivity index (χ1v) is 13.8. The van der Waals surface area contributed by atoms with Crippen LogP contribution in [0.3, 0.4) is 0 Å². The maximum Gasteiger partial charge on any atom is 0.197 e. The molecule has 0 amide bonds. The number of thiophene rings is 1. The number of pyridine rings is 1. The van der Waals surface area contributed by atoms with E-state index in [-0.39, 0.29) is 0 Å². The average Bonchev–Trinajstić information content (AvgIpc) is 3.60. The normalized spacial score (nSPS) is 13.3. The van der Waals surface area contributed by atoms with Crippen molar-refractivity contribution in [3.63, 3.8) is 0 Å². The number of halogens is 2. The number of fused-ring (bicyclic) bond motifs is 7. The second-order valence-corrected chi connectivity index (χ2v) is 11.3. The monoisotopic (exact) mass is 533 g/mol. The van der Waals surface area contributed by atoms with Crippen LogP contribution in [0.4, 0.5) is 0 Å². The van der Waals surface area contributed by atoms with Gasteiger partial charge in [0.1, 0.15) is 15.9 Å². The summed E-state index contributed by atoms with van der Waals surface area (Å²) in [4.78, 5) is 11.1. The molecular formula is C26H17Cl2N5S2. The van der Waals surface area contributed by atoms with E-state index < -0.39 is 0 Å². The van der Waals surface area contributed by atoms with Gasteiger partial charge in [0.25, 0.3) is 0 Å². The molecule has 2 aromatic carbocycles. The van der Waals surface area contributed by atoms with Crippen LogP contribution < -0.4 is 0 Å². The molecule has 0 bridgehead atoms. The Balaban J connectivity index is 1.34. The van der Waals surface area contributed by atoms with Crippen LogP contribution in [0.2, 0.25) is 10.0 Å². The van der Waals surface area contributed by atoms with Crippen LogP contribution in [0.25, 0.3) is 37.3 Å². The Kier molecular flexibility index (Phi) is 5.21. The van der Waals surface area contributed by atoms with Crippen molar-refractivity contribution in [3.8, 4) is 11.3 Å². The van der Waals surface area contributed by atoms with Crippen LogP contribution in [-0.2, 0) is 18.6 Å². The number of benzene rings is 2. The molecule has 9 heteroatoms. The lowest BCUT2D eigenvalue weighted by Gasteiger charge is -2.09. The molecule has 6 aromatic rings. The Morgan fingerprint density at radius 3 is 2.69 bits per heavy atom. The lowest BCUT2D eigenvalue weighted by molar-refractivity contribution is 0.907. The fraction of sp³-hybridized carbons (Fsp3) is 0.154. The molecule has 35 heavy (non-hydrogen) atoms. The molecule has 7 rings (SSSR count). The minimum absolute atomic E-state index is 0.555. The zero-order chi connectivity index (χ0) is 23.5. The molecule has 0 atom stereocenters. The molecule has 0 saturated heterocycles. The van der Waals surface area contributed by atoms with Gasteiger partial charge in [0.05, 0.1) is 21.3 Å². The minimum Gasteiger partial charge on any atom is -0.259 e. The molecule has 0 N–H and O–H groups in total. The molecule has 1 aliphatic carbocycles. The van der Waals surface area contributed by atoms with E-state index >= 15 is 0 Å². The van der Waals surface area contributed by atoms with Crippen LogP contribution >= 0.6 is 46.3 Å². The van der Waals surface area contributed by atoms with Crippen molar-refractivity contribution in [1.82, 2.24) is 24.6 Å². The van der Waals surface area contributed by atoms with E-state index in [1.165, 1.54) is 22.1 Å². The zero-order valence-electron chi connectivity index (χ0n) is 18.3. The van der Waals surface area contributed by atoms with E-state index in [2.05, 4.69) is 34.5 Å². The van der Waals surface area contributed by atoms with Crippen LogP contribution in [-0.4, -0.2) is 24.6 Å². The molecule has 172 valence electrons. The first-order chi connectivity index (χ1) is 17.2. The molecule has 0 radical (unpaired) electrons. The molecule has 1 aliphatic rings. The van der Waals surface area contributed by atoms with Gasteiger partial charge in [-0.2, -0.15) is 0 Å². The second kappa shape index (κ2) is 8.45. The van der Waals surface area contributed by atoms with E-state index in [1.54, 1.807) is 23.1 Å². The van der Waals surface area contributed by atoms with Gasteiger partial charge in [-0.1, -0.05) is 71.4 Å². The van der Waals surface area contributed by atoms with Gasteiger partial charge in [0, 0.05) is 16.7 Å². The zero-order valence-corrected chi connectivity index (χ0v) is 21.5. The average molecular weight is 534 g/mol. The molecule has 4 aromatic heterocycles. The molecular weight excluding hydrogens is 517 g/mol. The van der Waals surface area contributed by atoms with Crippen molar-refractivity contribution in [2.75, 3.05) is 0 Å². The van der Waals surface area contributed by atoms with Gasteiger partial charge >= 0.3 is 0 Å². The molecule has 0 unspecified atom stereocenters. The Labute approximate surface area is 219 Å². The molecule has 0 spiro atoms. The highest BCUT2D eigenvalue weighted by molar-refractivity contribution is 7.98. The highest BCUT2D eigenvalue weighted by atomic mass is 35.5. The summed E-state index contributed by atoms with van der Waals surface area (Å²) in [5.74, 6) is 0.706. The lowest BCUT2D eigenvalue weighted by Crippen LogP contribution is -1.94. The van der Waals surface area contributed by atoms with Gasteiger partial charge in [-0.3, -0.25) is 4.40 Å². The van der Waals surface area contributed by atoms with Crippen LogP contribution in [0, 0.1) is 0 Å². The number of thioether (sulfide) groups is 1. The Bertz CT molecular complexity index is 1760. The summed E-state index contributed by atoms with van der Waals surface area (Å²) >= 11 is 15.5. The third kappa shape index (κ3) is 3.52. The largest absolute Gasteiger partial charge is 0.259 e. The minimum atomic E-state index is 0.555. The smallest absolute Gasteiger partial charge is 0.197 e. The predicted molar refractivity (Wildman–Crippen MR) is 145 cm³/mol. The third-order valence-corrected chi connectivity index (χ3v) is 9.27. The van der Waals surface area contributed by atoms with Crippen molar-refractivity contribution in [2.24, 2.45) is 0 Å². The first kappa shape index (κ1) is 21.6. The number of aromatic nitrogens is 5. The predicted octanol–water partition coefficient (Wildman–Crippen LogP) is 7.64. The Morgan fingerprint density at radius 2 is 1.83 bits per heavy atom. The van der Waals surface area contributed by atoms with Gasteiger partial charge in [0.2, 0.25) is 0 Å². The molecule has 4 heterocycles. The summed E-state index contributed by atoms with van der Waals surface area (Å²) in [6.45, 7) is 0. The molecule has 5 nitrogen and oxygen atoms in total. The van der Waals surface area contributed by atoms with E-state index in [4.69, 9.17) is 33.2 Å². The van der Waals surface area contributed by atoms with Gasteiger partial charge in [-0.15, -0.1) is 21.5 Å². The van der Waals surface area contributed by atoms with Crippen molar-refractivity contribution in [3.05, 3.63) is 81.6 Å². The summed E-state index contributed by atoms with van der Waals surface area (Å²) in [5, 5.41) is 12.1. The quantitative estimate of drug-likeness (QED) is 0.218. The van der Waals surface area contributed by atoms with E-state index in [1.807, 2.05) is 35.0 Å². The van der Waals surface area contributed by atoms with Gasteiger partial charge in [0.15, 0.2) is 10.8 Å². The fourth-order valence-electron chi connectivity index (χ4n) is 4.85. The van der Waals surface area contributed by atoms with Crippen LogP contribution in [0.5, 0.6) is 0 Å². The fourth-order valence-corrected chi connectivity index (χ4v) is 7.15. The topological polar surface area (TPSA) is 56.0 Å². The van der Waals surface area contributed by atoms with Crippen molar-refractivity contribution < 1.29 is 0 Å². The lowest BCUT2D eigenvalue weighted by atomic mass is 10.0. The number of aryl methyl sites for hydroxylation is 1. The maximum absolute atomic E-state index is 6.18. The second-order valence-electron chi connectivity index (χ2n) is 8.55. The van der Waals surface area contributed by atoms with Gasteiger partial charge in [-0.25, -0.2) is 9.97 Å². The van der Waals surface area contributed by atoms with E-state index in [0.717, 1.165) is 56.4 Å². The van der Waals surface area contributed by atoms with Crippen molar-refractivity contribution in [1.29, 1.82) is 0 Å². The Hall–Kier alpha value is -2.71. The van der Waals surface area contributed by atoms with Crippen LogP contribution in [0.15, 0.2) is 60.0 Å². The summed E-state index contributed by atoms with van der Waals surface area (Å²) in [6, 6.07) is 16.2. The van der Waals surface area contributed by atoms with Gasteiger partial charge in [-0.05, 0) is 48.1 Å². The summed E-state index contributed by atoms with van der Waals surface area (Å²) < 4.78 is 3.00.